The first-order chi connectivity index (χ1) is 17.3. The minimum absolute atomic E-state index is 0.00160. The molecule has 9 nitrogen and oxygen atoms in total. The number of piperazine rings is 1. The lowest BCUT2D eigenvalue weighted by atomic mass is 10.0. The number of carbonyl (C=O) groups excluding carboxylic acids is 1. The maximum Gasteiger partial charge on any atom is 0.261 e. The van der Waals surface area contributed by atoms with Crippen molar-refractivity contribution in [3.05, 3.63) is 52.1 Å². The Bertz CT molecular complexity index is 1370. The Morgan fingerprint density at radius 3 is 2.75 bits per heavy atom. The third-order valence-corrected chi connectivity index (χ3v) is 7.84. The van der Waals surface area contributed by atoms with Gasteiger partial charge in [0.15, 0.2) is 5.75 Å². The summed E-state index contributed by atoms with van der Waals surface area (Å²) in [4.78, 5) is 24.8. The fraction of sp³-hybridized carbons (Fsp3) is 0.400. The summed E-state index contributed by atoms with van der Waals surface area (Å²) in [6.07, 6.45) is 1.81. The summed E-state index contributed by atoms with van der Waals surface area (Å²) in [6, 6.07) is 3.72. The number of amides is 1. The van der Waals surface area contributed by atoms with Crippen molar-refractivity contribution < 1.29 is 19.0 Å². The van der Waals surface area contributed by atoms with Crippen molar-refractivity contribution in [1.82, 2.24) is 24.6 Å². The molecule has 36 heavy (non-hydrogen) atoms. The average Bonchev–Trinajstić information content (AvgIpc) is 3.32. The number of ether oxygens (including phenoxy) is 1. The molecule has 1 saturated heterocycles. The molecule has 1 unspecified atom stereocenters. The van der Waals surface area contributed by atoms with Crippen LogP contribution in [0, 0.1) is 5.82 Å². The molecule has 0 spiro atoms. The third kappa shape index (κ3) is 3.35. The standard InChI is InChI=1S/C25H26ClFN6O3/c1-13-15-9-28-31(3)17(15)11-33(13)24-20-23(36-12-14-10-30(2)7-8-32(14)25(20)35)21(26)22(29-24)19-16(27)5-4-6-18(19)34/h4-6,9,13-14,34H,7-8,10-12H2,1-3H3/t13?,14-/m1/s1. The van der Waals surface area contributed by atoms with E-state index in [1.165, 1.54) is 18.2 Å². The molecule has 2 atom stereocenters. The number of hydrogen-bond donors (Lipinski definition) is 1. The van der Waals surface area contributed by atoms with Gasteiger partial charge < -0.3 is 24.5 Å². The number of nitrogens with zero attached hydrogens (tertiary/aromatic N) is 6. The fourth-order valence-electron chi connectivity index (χ4n) is 5.47. The molecule has 0 bridgehead atoms. The number of fused-ring (bicyclic) bond motifs is 3. The van der Waals surface area contributed by atoms with Gasteiger partial charge in [-0.25, -0.2) is 9.37 Å². The molecule has 0 radical (unpaired) electrons. The van der Waals surface area contributed by atoms with Gasteiger partial charge in [-0.2, -0.15) is 5.10 Å². The van der Waals surface area contributed by atoms with E-state index in [0.29, 0.717) is 25.5 Å². The maximum atomic E-state index is 15.0. The van der Waals surface area contributed by atoms with Crippen LogP contribution in [0.25, 0.3) is 11.3 Å². The van der Waals surface area contributed by atoms with E-state index in [9.17, 15) is 14.3 Å². The van der Waals surface area contributed by atoms with E-state index < -0.39 is 5.82 Å². The number of hydrogen-bond acceptors (Lipinski definition) is 7. The highest BCUT2D eigenvalue weighted by Crippen LogP contribution is 2.48. The molecule has 1 aromatic carbocycles. The zero-order chi connectivity index (χ0) is 25.3. The number of phenols is 1. The van der Waals surface area contributed by atoms with Gasteiger partial charge in [0.1, 0.15) is 40.3 Å². The van der Waals surface area contributed by atoms with Crippen LogP contribution in [-0.2, 0) is 13.6 Å². The van der Waals surface area contributed by atoms with E-state index in [1.807, 2.05) is 37.0 Å². The summed E-state index contributed by atoms with van der Waals surface area (Å²) in [7, 11) is 3.88. The van der Waals surface area contributed by atoms with Crippen LogP contribution >= 0.6 is 11.6 Å². The minimum atomic E-state index is -0.670. The number of aromatic hydroxyl groups is 1. The molecule has 188 valence electrons. The Kier molecular flexibility index (Phi) is 5.34. The van der Waals surface area contributed by atoms with Gasteiger partial charge in [-0.15, -0.1) is 0 Å². The Morgan fingerprint density at radius 1 is 1.19 bits per heavy atom. The van der Waals surface area contributed by atoms with Crippen molar-refractivity contribution in [3.8, 4) is 22.8 Å². The number of aryl methyl sites for hydroxylation is 1. The van der Waals surface area contributed by atoms with Crippen LogP contribution in [0.3, 0.4) is 0 Å². The summed E-state index contributed by atoms with van der Waals surface area (Å²) in [5, 5.41) is 14.9. The normalized spacial score (nSPS) is 21.6. The van der Waals surface area contributed by atoms with Crippen LogP contribution in [0.2, 0.25) is 5.02 Å². The number of carbonyl (C=O) groups is 1. The minimum Gasteiger partial charge on any atom is -0.507 e. The molecule has 1 fully saturated rings. The molecule has 0 aliphatic carbocycles. The fourth-order valence-corrected chi connectivity index (χ4v) is 5.76. The number of phenolic OH excluding ortho intramolecular Hbond substituents is 1. The van der Waals surface area contributed by atoms with E-state index in [-0.39, 0.29) is 57.9 Å². The van der Waals surface area contributed by atoms with Crippen LogP contribution in [0.15, 0.2) is 24.4 Å². The van der Waals surface area contributed by atoms with Crippen LogP contribution in [0.5, 0.6) is 11.5 Å². The van der Waals surface area contributed by atoms with Gasteiger partial charge in [-0.05, 0) is 26.1 Å². The number of halogens is 2. The molecule has 2 aromatic heterocycles. The largest absolute Gasteiger partial charge is 0.507 e. The molecule has 1 N–H and O–H groups in total. The topological polar surface area (TPSA) is 87.0 Å². The average molecular weight is 513 g/mol. The number of aromatic nitrogens is 3. The summed E-state index contributed by atoms with van der Waals surface area (Å²) >= 11 is 6.80. The van der Waals surface area contributed by atoms with E-state index >= 15 is 0 Å². The first-order valence-electron chi connectivity index (χ1n) is 11.9. The highest BCUT2D eigenvalue weighted by Gasteiger charge is 2.42. The highest BCUT2D eigenvalue weighted by atomic mass is 35.5. The first-order valence-corrected chi connectivity index (χ1v) is 12.2. The lowest BCUT2D eigenvalue weighted by molar-refractivity contribution is 0.0442. The van der Waals surface area contributed by atoms with Gasteiger partial charge in [0.2, 0.25) is 0 Å². The monoisotopic (exact) mass is 512 g/mol. The summed E-state index contributed by atoms with van der Waals surface area (Å²) < 4.78 is 23.0. The quantitative estimate of drug-likeness (QED) is 0.564. The van der Waals surface area contributed by atoms with Crippen molar-refractivity contribution in [1.29, 1.82) is 0 Å². The predicted octanol–water partition coefficient (Wildman–Crippen LogP) is 3.21. The van der Waals surface area contributed by atoms with E-state index in [2.05, 4.69) is 10.00 Å². The summed E-state index contributed by atoms with van der Waals surface area (Å²) in [5.41, 5.74) is 2.20. The molecular weight excluding hydrogens is 487 g/mol. The molecule has 0 saturated carbocycles. The maximum absolute atomic E-state index is 15.0. The van der Waals surface area contributed by atoms with Crippen LogP contribution < -0.4 is 9.64 Å². The molecule has 3 aliphatic rings. The summed E-state index contributed by atoms with van der Waals surface area (Å²) in [5.74, 6) is -0.661. The van der Waals surface area contributed by atoms with Gasteiger partial charge in [-0.3, -0.25) is 9.48 Å². The van der Waals surface area contributed by atoms with Gasteiger partial charge >= 0.3 is 0 Å². The number of pyridine rings is 1. The molecule has 11 heteroatoms. The zero-order valence-electron chi connectivity index (χ0n) is 20.2. The number of benzene rings is 1. The molecule has 3 aliphatic heterocycles. The van der Waals surface area contributed by atoms with Gasteiger partial charge in [0.25, 0.3) is 5.91 Å². The Morgan fingerprint density at radius 2 is 2.00 bits per heavy atom. The second-order valence-corrected chi connectivity index (χ2v) is 10.0. The lowest BCUT2D eigenvalue weighted by Crippen LogP contribution is -2.55. The summed E-state index contributed by atoms with van der Waals surface area (Å²) in [6.45, 7) is 4.67. The molecular formula is C25H26ClFN6O3. The Hall–Kier alpha value is -3.37. The van der Waals surface area contributed by atoms with Crippen LogP contribution in [0.1, 0.15) is 34.6 Å². The highest BCUT2D eigenvalue weighted by molar-refractivity contribution is 6.35. The zero-order valence-corrected chi connectivity index (χ0v) is 21.0. The second-order valence-electron chi connectivity index (χ2n) is 9.64. The third-order valence-electron chi connectivity index (χ3n) is 7.49. The molecule has 3 aromatic rings. The first kappa shape index (κ1) is 23.1. The van der Waals surface area contributed by atoms with Gasteiger partial charge in [0, 0.05) is 32.2 Å². The lowest BCUT2D eigenvalue weighted by Gasteiger charge is -2.38. The molecule has 5 heterocycles. The number of anilines is 1. The number of rotatable bonds is 2. The van der Waals surface area contributed by atoms with Gasteiger partial charge in [0.05, 0.1) is 36.1 Å². The van der Waals surface area contributed by atoms with E-state index in [1.54, 1.807) is 4.68 Å². The number of likely N-dealkylation sites (N-methyl/N-ethyl adjacent to an activating group) is 1. The van der Waals surface area contributed by atoms with E-state index in [0.717, 1.165) is 17.8 Å². The predicted molar refractivity (Wildman–Crippen MR) is 132 cm³/mol. The van der Waals surface area contributed by atoms with Crippen LogP contribution in [0.4, 0.5) is 10.2 Å². The smallest absolute Gasteiger partial charge is 0.261 e. The van der Waals surface area contributed by atoms with Crippen molar-refractivity contribution >= 4 is 23.3 Å². The van der Waals surface area contributed by atoms with Crippen molar-refractivity contribution in [2.45, 2.75) is 25.6 Å². The van der Waals surface area contributed by atoms with Crippen molar-refractivity contribution in [2.75, 3.05) is 38.2 Å². The SMILES string of the molecule is CC1c2cnn(C)c2CN1c1nc(-c2c(O)cccc2F)c(Cl)c2c1C(=O)N1CCN(C)C[C@@H]1CO2. The molecule has 1 amide bonds. The van der Waals surface area contributed by atoms with Crippen LogP contribution in [-0.4, -0.2) is 74.9 Å². The van der Waals surface area contributed by atoms with Gasteiger partial charge in [-0.1, -0.05) is 17.7 Å². The Balaban J connectivity index is 1.58. The van der Waals surface area contributed by atoms with E-state index in [4.69, 9.17) is 21.3 Å². The van der Waals surface area contributed by atoms with Crippen molar-refractivity contribution in [2.24, 2.45) is 7.05 Å². The van der Waals surface area contributed by atoms with Crippen molar-refractivity contribution in [3.63, 3.8) is 0 Å². The second kappa shape index (κ2) is 8.35. The Labute approximate surface area is 212 Å². The molecule has 6 rings (SSSR count).